The van der Waals surface area contributed by atoms with E-state index in [2.05, 4.69) is 51.2 Å². The number of nitrogens with one attached hydrogen (secondary N) is 3. The van der Waals surface area contributed by atoms with E-state index in [1.807, 2.05) is 39.0 Å². The molecule has 5 atom stereocenters. The fraction of sp³-hybridized carbons (Fsp3) is 0.667. The van der Waals surface area contributed by atoms with Crippen molar-refractivity contribution in [3.05, 3.63) is 39.9 Å². The van der Waals surface area contributed by atoms with Crippen molar-refractivity contribution in [3.63, 3.8) is 0 Å². The summed E-state index contributed by atoms with van der Waals surface area (Å²) < 4.78 is 46.9. The Hall–Kier alpha value is -3.43. The molecule has 57 heavy (non-hydrogen) atoms. The maximum absolute atomic E-state index is 14.9. The molecular weight excluding hydrogens is 816 g/mol. The summed E-state index contributed by atoms with van der Waals surface area (Å²) in [4.78, 5) is 58.4. The summed E-state index contributed by atoms with van der Waals surface area (Å²) in [6, 6.07) is 5.85. The van der Waals surface area contributed by atoms with Gasteiger partial charge in [-0.1, -0.05) is 46.8 Å². The van der Waals surface area contributed by atoms with Crippen molar-refractivity contribution in [3.8, 4) is 5.75 Å². The average Bonchev–Trinajstić information content (AvgIpc) is 4.01. The fourth-order valence-corrected chi connectivity index (χ4v) is 11.1. The van der Waals surface area contributed by atoms with Gasteiger partial charge in [0.15, 0.2) is 0 Å². The zero-order valence-corrected chi connectivity index (χ0v) is 36.5. The monoisotopic (exact) mass is 872 g/mol. The summed E-state index contributed by atoms with van der Waals surface area (Å²) in [5.41, 5.74) is -1.74. The van der Waals surface area contributed by atoms with Gasteiger partial charge in [0.2, 0.25) is 21.8 Å². The summed E-state index contributed by atoms with van der Waals surface area (Å²) in [6.45, 7) is 9.91. The van der Waals surface area contributed by atoms with E-state index in [1.54, 1.807) is 14.2 Å². The molecule has 0 radical (unpaired) electrons. The van der Waals surface area contributed by atoms with Crippen molar-refractivity contribution < 1.29 is 41.8 Å². The van der Waals surface area contributed by atoms with Crippen molar-refractivity contribution >= 4 is 60.5 Å². The zero-order valence-electron chi connectivity index (χ0n) is 34.1. The Balaban J connectivity index is 1.30. The second-order valence-corrected chi connectivity index (χ2v) is 21.6. The molecule has 3 aliphatic carbocycles. The van der Waals surface area contributed by atoms with Crippen molar-refractivity contribution in [1.82, 2.24) is 20.3 Å². The topological polar surface area (TPSA) is 169 Å². The first-order valence-electron chi connectivity index (χ1n) is 20.2. The number of fused-ring (bicyclic) bond motifs is 5. The fourth-order valence-electron chi connectivity index (χ4n) is 8.98. The second-order valence-electron chi connectivity index (χ2n) is 18.8. The SMILES string of the molecule is COc1c2cc3cc(ccc3c1Br)[C@]1(OC)C[C@@H](C(=O)N[C@]3(C(=O)NS(=O)(=O)C4CC4)C[C@H]3C3CC3)N(C1)C(=O)[C@H](C(C)(C)C)NC(=O)OCCC(C)(C)CCC2. The van der Waals surface area contributed by atoms with Gasteiger partial charge < -0.3 is 29.7 Å². The number of cyclic esters (lactones) is 1. The molecule has 15 heteroatoms. The molecule has 2 aromatic carbocycles. The number of carbonyl (C=O) groups excluding carboxylic acids is 4. The second kappa shape index (κ2) is 15.0. The van der Waals surface area contributed by atoms with Gasteiger partial charge in [0, 0.05) is 13.5 Å². The highest BCUT2D eigenvalue weighted by Crippen LogP contribution is 2.57. The van der Waals surface area contributed by atoms with Crippen molar-refractivity contribution in [2.24, 2.45) is 22.7 Å². The molecule has 7 rings (SSSR count). The molecule has 0 aromatic heterocycles. The molecule has 5 bridgehead atoms. The highest BCUT2D eigenvalue weighted by Gasteiger charge is 2.67. The van der Waals surface area contributed by atoms with E-state index in [0.29, 0.717) is 25.7 Å². The minimum atomic E-state index is -3.88. The van der Waals surface area contributed by atoms with Gasteiger partial charge in [-0.25, -0.2) is 13.2 Å². The van der Waals surface area contributed by atoms with Crippen LogP contribution >= 0.6 is 15.9 Å². The van der Waals surface area contributed by atoms with Crippen LogP contribution < -0.4 is 20.1 Å². The summed E-state index contributed by atoms with van der Waals surface area (Å²) >= 11 is 3.81. The van der Waals surface area contributed by atoms with Crippen LogP contribution in [-0.2, 0) is 45.9 Å². The molecule has 2 heterocycles. The Morgan fingerprint density at radius 3 is 2.39 bits per heavy atom. The van der Waals surface area contributed by atoms with E-state index < -0.39 is 67.7 Å². The summed E-state index contributed by atoms with van der Waals surface area (Å²) in [6.07, 6.45) is 5.49. The summed E-state index contributed by atoms with van der Waals surface area (Å²) in [5.74, 6) is -1.07. The minimum absolute atomic E-state index is 0.0328. The molecule has 1 saturated heterocycles. The van der Waals surface area contributed by atoms with Gasteiger partial charge >= 0.3 is 6.09 Å². The minimum Gasteiger partial charge on any atom is -0.495 e. The molecule has 312 valence electrons. The standard InChI is InChI=1S/C42H57BrN4O9S/c1-39(2,3)34-36(49)47-23-41(55-7,22-31(47)35(48)45-42(21-30(42)24-10-11-24)37(50)46-57(52,53)28-13-14-28)27-12-15-29-26(20-27)19-25(33(54-6)32(29)43)9-8-16-40(4,5)17-18-56-38(51)44-34/h12,15,19-20,24,28,30-31,34H,8-11,13-14,16-18,21-23H2,1-7H3,(H,44,51)(H,45,48)(H,46,50)/t30-,31-,34+,41-,42+/m0/s1. The number of amides is 4. The van der Waals surface area contributed by atoms with Crippen molar-refractivity contribution in [2.45, 2.75) is 127 Å². The molecule has 0 spiro atoms. The van der Waals surface area contributed by atoms with E-state index in [-0.39, 0.29) is 36.8 Å². The lowest BCUT2D eigenvalue weighted by Crippen LogP contribution is -2.60. The van der Waals surface area contributed by atoms with Gasteiger partial charge in [0.25, 0.3) is 5.91 Å². The van der Waals surface area contributed by atoms with E-state index in [9.17, 15) is 27.6 Å². The predicted molar refractivity (Wildman–Crippen MR) is 218 cm³/mol. The number of alkyl carbamates (subject to hydrolysis) is 1. The highest BCUT2D eigenvalue weighted by molar-refractivity contribution is 9.10. The van der Waals surface area contributed by atoms with E-state index in [0.717, 1.165) is 64.2 Å². The molecule has 2 aliphatic heterocycles. The van der Waals surface area contributed by atoms with Gasteiger partial charge in [-0.3, -0.25) is 19.1 Å². The lowest BCUT2D eigenvalue weighted by Gasteiger charge is -2.36. The first kappa shape index (κ1) is 41.7. The molecule has 3 saturated carbocycles. The molecule has 0 unspecified atom stereocenters. The number of methoxy groups -OCH3 is 2. The summed E-state index contributed by atoms with van der Waals surface area (Å²) in [5, 5.41) is 7.07. The lowest BCUT2D eigenvalue weighted by atomic mass is 9.83. The number of aryl methyl sites for hydroxylation is 1. The number of rotatable bonds is 8. The number of carbonyl (C=O) groups is 4. The normalized spacial score (nSPS) is 29.5. The van der Waals surface area contributed by atoms with Crippen LogP contribution in [0.5, 0.6) is 5.75 Å². The van der Waals surface area contributed by atoms with E-state index in [1.165, 1.54) is 4.90 Å². The number of hydrogen-bond donors (Lipinski definition) is 3. The highest BCUT2D eigenvalue weighted by atomic mass is 79.9. The van der Waals surface area contributed by atoms with Crippen molar-refractivity contribution in [1.29, 1.82) is 0 Å². The van der Waals surface area contributed by atoms with Crippen LogP contribution in [0.15, 0.2) is 28.7 Å². The van der Waals surface area contributed by atoms with E-state index >= 15 is 0 Å². The van der Waals surface area contributed by atoms with Gasteiger partial charge in [-0.05, 0) is 130 Å². The lowest BCUT2D eigenvalue weighted by molar-refractivity contribution is -0.143. The van der Waals surface area contributed by atoms with Gasteiger partial charge in [-0.15, -0.1) is 0 Å². The number of hydrogen-bond acceptors (Lipinski definition) is 9. The molecule has 3 N–H and O–H groups in total. The van der Waals surface area contributed by atoms with Gasteiger partial charge in [-0.2, -0.15) is 0 Å². The molecule has 13 nitrogen and oxygen atoms in total. The van der Waals surface area contributed by atoms with Crippen LogP contribution in [0.4, 0.5) is 4.79 Å². The van der Waals surface area contributed by atoms with Crippen molar-refractivity contribution in [2.75, 3.05) is 27.4 Å². The maximum atomic E-state index is 14.9. The van der Waals surface area contributed by atoms with Crippen LogP contribution in [0.3, 0.4) is 0 Å². The number of ether oxygens (including phenoxy) is 3. The van der Waals surface area contributed by atoms with Gasteiger partial charge in [0.05, 0.1) is 30.0 Å². The van der Waals surface area contributed by atoms with Crippen LogP contribution in [-0.4, -0.2) is 87.4 Å². The Labute approximate surface area is 344 Å². The number of benzene rings is 2. The largest absolute Gasteiger partial charge is 0.495 e. The Morgan fingerprint density at radius 2 is 1.75 bits per heavy atom. The maximum Gasteiger partial charge on any atom is 0.407 e. The third-order valence-electron chi connectivity index (χ3n) is 13.0. The van der Waals surface area contributed by atoms with Gasteiger partial charge in [0.1, 0.15) is 29.0 Å². The Bertz CT molecular complexity index is 2080. The third-order valence-corrected chi connectivity index (χ3v) is 15.6. The first-order valence-corrected chi connectivity index (χ1v) is 22.5. The molecular formula is C42H57BrN4O9S. The number of sulfonamides is 1. The van der Waals surface area contributed by atoms with Crippen LogP contribution in [0, 0.1) is 22.7 Å². The van der Waals surface area contributed by atoms with E-state index in [4.69, 9.17) is 14.2 Å². The molecule has 4 fully saturated rings. The molecule has 5 aliphatic rings. The molecule has 4 amide bonds. The third kappa shape index (κ3) is 8.26. The predicted octanol–water partition coefficient (Wildman–Crippen LogP) is 5.84. The van der Waals surface area contributed by atoms with Crippen LogP contribution in [0.1, 0.15) is 104 Å². The zero-order chi connectivity index (χ0) is 41.3. The average molecular weight is 874 g/mol. The van der Waals surface area contributed by atoms with Crippen LogP contribution in [0.2, 0.25) is 0 Å². The quantitative estimate of drug-likeness (QED) is 0.295. The Kier molecular flexibility index (Phi) is 11.0. The molecule has 2 aromatic rings. The first-order chi connectivity index (χ1) is 26.7. The summed E-state index contributed by atoms with van der Waals surface area (Å²) in [7, 11) is -0.663. The number of nitrogens with zero attached hydrogens (tertiary/aromatic N) is 1. The Morgan fingerprint density at radius 1 is 1.04 bits per heavy atom. The van der Waals surface area contributed by atoms with Crippen LogP contribution in [0.25, 0.3) is 10.8 Å². The smallest absolute Gasteiger partial charge is 0.407 e. The number of halogens is 1.